The van der Waals surface area contributed by atoms with Crippen LogP contribution in [0.1, 0.15) is 33.6 Å². The molecule has 0 radical (unpaired) electrons. The third kappa shape index (κ3) is 8.27. The molecule has 3 aromatic carbocycles. The first-order chi connectivity index (χ1) is 18.5. The molecule has 38 heavy (non-hydrogen) atoms. The van der Waals surface area contributed by atoms with Gasteiger partial charge in [-0.2, -0.15) is 0 Å². The molecule has 0 aliphatic heterocycles. The van der Waals surface area contributed by atoms with Crippen molar-refractivity contribution in [2.24, 2.45) is 5.92 Å². The summed E-state index contributed by atoms with van der Waals surface area (Å²) < 4.78 is 5.89. The Morgan fingerprint density at radius 3 is 2.13 bits per heavy atom. The number of aliphatic hydroxyl groups is 1. The number of ether oxygens (including phenoxy) is 1. The molecule has 0 aliphatic rings. The van der Waals surface area contributed by atoms with Gasteiger partial charge in [-0.1, -0.05) is 78.9 Å². The average molecular weight is 529 g/mol. The first-order valence-electron chi connectivity index (χ1n) is 13.1. The van der Waals surface area contributed by atoms with Gasteiger partial charge in [-0.05, 0) is 67.7 Å². The van der Waals surface area contributed by atoms with Crippen LogP contribution in [0, 0.1) is 19.8 Å². The minimum absolute atomic E-state index is 0.0992. The zero-order valence-corrected chi connectivity index (χ0v) is 22.9. The molecule has 2 N–H and O–H groups in total. The van der Waals surface area contributed by atoms with Crippen molar-refractivity contribution in [1.82, 2.24) is 10.3 Å². The van der Waals surface area contributed by atoms with Gasteiger partial charge >= 0.3 is 0 Å². The zero-order valence-electron chi connectivity index (χ0n) is 22.0. The minimum atomic E-state index is -0.721. The van der Waals surface area contributed by atoms with E-state index in [2.05, 4.69) is 22.4 Å². The van der Waals surface area contributed by atoms with Crippen molar-refractivity contribution >= 4 is 17.2 Å². The summed E-state index contributed by atoms with van der Waals surface area (Å²) in [6.07, 6.45) is 3.96. The highest BCUT2D eigenvalue weighted by molar-refractivity contribution is 7.09. The predicted octanol–water partition coefficient (Wildman–Crippen LogP) is 5.72. The smallest absolute Gasteiger partial charge is 0.258 e. The minimum Gasteiger partial charge on any atom is -0.483 e. The van der Waals surface area contributed by atoms with Gasteiger partial charge in [0.1, 0.15) is 5.75 Å². The summed E-state index contributed by atoms with van der Waals surface area (Å²) in [7, 11) is 0. The number of nitrogens with zero attached hydrogens (tertiary/aromatic N) is 1. The molecule has 1 unspecified atom stereocenters. The van der Waals surface area contributed by atoms with E-state index in [1.165, 1.54) is 10.4 Å². The van der Waals surface area contributed by atoms with Crippen molar-refractivity contribution in [3.63, 3.8) is 0 Å². The van der Waals surface area contributed by atoms with E-state index in [1.807, 2.05) is 92.3 Å². The molecular formula is C32H36N2O3S. The van der Waals surface area contributed by atoms with E-state index in [0.29, 0.717) is 12.8 Å². The lowest BCUT2D eigenvalue weighted by Gasteiger charge is -2.28. The first kappa shape index (κ1) is 27.6. The van der Waals surface area contributed by atoms with E-state index in [1.54, 1.807) is 11.3 Å². The second-order valence-electron chi connectivity index (χ2n) is 9.90. The quantitative estimate of drug-likeness (QED) is 0.233. The molecular weight excluding hydrogens is 492 g/mol. The Kier molecular flexibility index (Phi) is 10.1. The number of thiazole rings is 1. The highest BCUT2D eigenvalue weighted by Crippen LogP contribution is 2.24. The third-order valence-corrected chi connectivity index (χ3v) is 7.58. The number of benzene rings is 3. The van der Waals surface area contributed by atoms with Crippen LogP contribution in [0.25, 0.3) is 0 Å². The fourth-order valence-corrected chi connectivity index (χ4v) is 5.59. The fourth-order valence-electron chi connectivity index (χ4n) is 4.88. The van der Waals surface area contributed by atoms with Crippen LogP contribution in [0.4, 0.5) is 0 Å². The monoisotopic (exact) mass is 528 g/mol. The molecule has 3 atom stereocenters. The number of carbonyl (C=O) groups excluding carboxylic acids is 1. The summed E-state index contributed by atoms with van der Waals surface area (Å²) in [4.78, 5) is 18.5. The standard InChI is InChI=1S/C32H36N2O3S/c1-23-10-9-11-24(2)32(23)37-21-31(36)34-29(18-26-14-7-4-8-15-26)30(35)19-27(17-28-20-33-22-38-28)16-25-12-5-3-6-13-25/h3-15,20,22,27,29-30,35H,16-19,21H2,1-2H3,(H,34,36)/t27?,29-,30-/m0/s1. The van der Waals surface area contributed by atoms with Crippen molar-refractivity contribution in [2.75, 3.05) is 6.61 Å². The molecule has 1 heterocycles. The number of aromatic nitrogens is 1. The summed E-state index contributed by atoms with van der Waals surface area (Å²) in [5, 5.41) is 14.6. The van der Waals surface area contributed by atoms with Crippen LogP contribution in [0.5, 0.6) is 5.75 Å². The van der Waals surface area contributed by atoms with Crippen molar-refractivity contribution in [1.29, 1.82) is 0 Å². The van der Waals surface area contributed by atoms with Gasteiger partial charge in [0.25, 0.3) is 5.91 Å². The molecule has 1 aromatic heterocycles. The molecule has 0 saturated carbocycles. The summed E-state index contributed by atoms with van der Waals surface area (Å²) in [5.41, 5.74) is 6.13. The number of rotatable bonds is 13. The van der Waals surface area contributed by atoms with Gasteiger partial charge in [-0.15, -0.1) is 11.3 Å². The van der Waals surface area contributed by atoms with E-state index in [-0.39, 0.29) is 18.4 Å². The van der Waals surface area contributed by atoms with Crippen molar-refractivity contribution in [2.45, 2.75) is 51.7 Å². The number of nitrogens with one attached hydrogen (secondary N) is 1. The topological polar surface area (TPSA) is 71.5 Å². The molecule has 4 rings (SSSR count). The molecule has 5 nitrogen and oxygen atoms in total. The number of aryl methyl sites for hydroxylation is 2. The maximum Gasteiger partial charge on any atom is 0.258 e. The Morgan fingerprint density at radius 2 is 1.53 bits per heavy atom. The highest BCUT2D eigenvalue weighted by atomic mass is 32.1. The van der Waals surface area contributed by atoms with Crippen LogP contribution in [-0.2, 0) is 24.1 Å². The van der Waals surface area contributed by atoms with Gasteiger partial charge in [0.05, 0.1) is 17.7 Å². The third-order valence-electron chi connectivity index (χ3n) is 6.78. The molecule has 0 saturated heterocycles. The molecule has 0 bridgehead atoms. The maximum atomic E-state index is 13.0. The maximum absolute atomic E-state index is 13.0. The molecule has 0 fully saturated rings. The van der Waals surface area contributed by atoms with Crippen LogP contribution >= 0.6 is 11.3 Å². The molecule has 1 amide bonds. The molecule has 198 valence electrons. The van der Waals surface area contributed by atoms with Gasteiger partial charge in [0.2, 0.25) is 0 Å². The van der Waals surface area contributed by atoms with E-state index < -0.39 is 12.1 Å². The fraction of sp³-hybridized carbons (Fsp3) is 0.312. The Bertz CT molecular complexity index is 1240. The van der Waals surface area contributed by atoms with E-state index in [9.17, 15) is 9.90 Å². The number of aliphatic hydroxyl groups excluding tert-OH is 1. The number of carbonyl (C=O) groups is 1. The van der Waals surface area contributed by atoms with Gasteiger partial charge in [-0.3, -0.25) is 9.78 Å². The Morgan fingerprint density at radius 1 is 0.895 bits per heavy atom. The van der Waals surface area contributed by atoms with Crippen molar-refractivity contribution < 1.29 is 14.6 Å². The average Bonchev–Trinajstić information content (AvgIpc) is 3.42. The van der Waals surface area contributed by atoms with E-state index in [0.717, 1.165) is 35.3 Å². The first-order valence-corrected chi connectivity index (χ1v) is 14.0. The van der Waals surface area contributed by atoms with Gasteiger partial charge in [0, 0.05) is 11.1 Å². The van der Waals surface area contributed by atoms with Gasteiger partial charge < -0.3 is 15.2 Å². The van der Waals surface area contributed by atoms with Crippen molar-refractivity contribution in [3.8, 4) is 5.75 Å². The van der Waals surface area contributed by atoms with Crippen molar-refractivity contribution in [3.05, 3.63) is 118 Å². The van der Waals surface area contributed by atoms with Gasteiger partial charge in [0.15, 0.2) is 6.61 Å². The zero-order chi connectivity index (χ0) is 26.7. The summed E-state index contributed by atoms with van der Waals surface area (Å²) in [5.74, 6) is 0.693. The second-order valence-corrected chi connectivity index (χ2v) is 10.9. The Labute approximate surface area is 229 Å². The number of hydrogen-bond donors (Lipinski definition) is 2. The van der Waals surface area contributed by atoms with E-state index >= 15 is 0 Å². The SMILES string of the molecule is Cc1cccc(C)c1OCC(=O)N[C@@H](Cc1ccccc1)[C@@H](O)CC(Cc1ccccc1)Cc1cncs1. The predicted molar refractivity (Wildman–Crippen MR) is 154 cm³/mol. The number of para-hydroxylation sites is 1. The highest BCUT2D eigenvalue weighted by Gasteiger charge is 2.26. The normalized spacial score (nSPS) is 13.4. The lowest BCUT2D eigenvalue weighted by molar-refractivity contribution is -0.124. The Balaban J connectivity index is 1.47. The van der Waals surface area contributed by atoms with Crippen LogP contribution in [0.2, 0.25) is 0 Å². The number of amides is 1. The van der Waals surface area contributed by atoms with Gasteiger partial charge in [-0.25, -0.2) is 0 Å². The van der Waals surface area contributed by atoms with Crippen LogP contribution in [0.3, 0.4) is 0 Å². The van der Waals surface area contributed by atoms with Crippen LogP contribution < -0.4 is 10.1 Å². The Hall–Kier alpha value is -3.48. The molecule has 6 heteroatoms. The van der Waals surface area contributed by atoms with Crippen LogP contribution in [0.15, 0.2) is 90.6 Å². The second kappa shape index (κ2) is 13.9. The molecule has 0 spiro atoms. The lowest BCUT2D eigenvalue weighted by Crippen LogP contribution is -2.47. The summed E-state index contributed by atoms with van der Waals surface area (Å²) >= 11 is 1.64. The largest absolute Gasteiger partial charge is 0.483 e. The summed E-state index contributed by atoms with van der Waals surface area (Å²) in [6.45, 7) is 3.84. The molecule has 4 aromatic rings. The molecule has 0 aliphatic carbocycles. The summed E-state index contributed by atoms with van der Waals surface area (Å²) in [6, 6.07) is 25.8. The van der Waals surface area contributed by atoms with Crippen LogP contribution in [-0.4, -0.2) is 34.8 Å². The van der Waals surface area contributed by atoms with E-state index in [4.69, 9.17) is 4.74 Å². The number of hydrogen-bond acceptors (Lipinski definition) is 5. The lowest BCUT2D eigenvalue weighted by atomic mass is 9.87.